The highest BCUT2D eigenvalue weighted by atomic mass is 35.5. The van der Waals surface area contributed by atoms with Gasteiger partial charge in [0.05, 0.1) is 6.21 Å². The molecule has 8 nitrogen and oxygen atoms in total. The molecular weight excluding hydrogens is 487 g/mol. The van der Waals surface area contributed by atoms with Crippen LogP contribution < -0.4 is 20.4 Å². The zero-order valence-corrected chi connectivity index (χ0v) is 21.0. The molecule has 35 heavy (non-hydrogen) atoms. The maximum atomic E-state index is 12.1. The number of halogens is 2. The van der Waals surface area contributed by atoms with Gasteiger partial charge in [0, 0.05) is 48.8 Å². The molecule has 1 aromatic heterocycles. The van der Waals surface area contributed by atoms with E-state index in [2.05, 4.69) is 30.7 Å². The summed E-state index contributed by atoms with van der Waals surface area (Å²) in [7, 11) is 0. The van der Waals surface area contributed by atoms with E-state index in [4.69, 9.17) is 27.9 Å². The first-order valence-electron chi connectivity index (χ1n) is 11.1. The minimum absolute atomic E-state index is 0.226. The van der Waals surface area contributed by atoms with Gasteiger partial charge in [0.2, 0.25) is 11.8 Å². The van der Waals surface area contributed by atoms with Gasteiger partial charge in [-0.1, -0.05) is 42.5 Å². The van der Waals surface area contributed by atoms with Crippen molar-refractivity contribution >= 4 is 47.0 Å². The number of carbonyl (C=O) groups is 1. The molecule has 0 atom stereocenters. The van der Waals surface area contributed by atoms with Crippen molar-refractivity contribution in [3.63, 3.8) is 0 Å². The van der Waals surface area contributed by atoms with Gasteiger partial charge >= 0.3 is 0 Å². The number of carbonyl (C=O) groups excluding carboxylic acids is 1. The second-order valence-corrected chi connectivity index (χ2v) is 8.30. The Morgan fingerprint density at radius 1 is 1.06 bits per heavy atom. The highest BCUT2D eigenvalue weighted by molar-refractivity contribution is 6.18. The van der Waals surface area contributed by atoms with Crippen molar-refractivity contribution in [2.24, 2.45) is 5.10 Å². The number of nitrogens with one attached hydrogen (secondary N) is 2. The molecule has 0 aliphatic carbocycles. The predicted octanol–water partition coefficient (Wildman–Crippen LogP) is 4.21. The second-order valence-electron chi connectivity index (χ2n) is 7.55. The van der Waals surface area contributed by atoms with E-state index in [0.29, 0.717) is 43.2 Å². The average molecular weight is 515 g/mol. The van der Waals surface area contributed by atoms with Crippen LogP contribution in [0.5, 0.6) is 5.88 Å². The highest BCUT2D eigenvalue weighted by Crippen LogP contribution is 2.15. The summed E-state index contributed by atoms with van der Waals surface area (Å²) in [6.45, 7) is 3.62. The van der Waals surface area contributed by atoms with Gasteiger partial charge in [-0.2, -0.15) is 10.1 Å². The Morgan fingerprint density at radius 2 is 1.77 bits per heavy atom. The molecule has 0 fully saturated rings. The third-order valence-corrected chi connectivity index (χ3v) is 5.18. The minimum atomic E-state index is -0.400. The summed E-state index contributed by atoms with van der Waals surface area (Å²) < 4.78 is 5.53. The lowest BCUT2D eigenvalue weighted by atomic mass is 10.2. The molecule has 3 rings (SSSR count). The van der Waals surface area contributed by atoms with Gasteiger partial charge in [-0.15, -0.1) is 23.2 Å². The van der Waals surface area contributed by atoms with Crippen molar-refractivity contribution in [3.05, 3.63) is 77.5 Å². The number of amides is 1. The van der Waals surface area contributed by atoms with Crippen LogP contribution in [0, 0.1) is 6.92 Å². The summed E-state index contributed by atoms with van der Waals surface area (Å²) >= 11 is 11.7. The molecule has 1 amide bonds. The van der Waals surface area contributed by atoms with Crippen LogP contribution in [0.2, 0.25) is 0 Å². The molecule has 0 aliphatic heterocycles. The SMILES string of the molecule is Cc1cc(OCC(=O)NN=Cc2ccc(N(CCCl)CCCl)cc2)nc(NCc2ccccc2)n1. The summed E-state index contributed by atoms with van der Waals surface area (Å²) in [5, 5.41) is 7.16. The molecule has 0 unspecified atom stereocenters. The molecule has 0 bridgehead atoms. The molecule has 0 saturated heterocycles. The molecule has 0 spiro atoms. The van der Waals surface area contributed by atoms with Crippen molar-refractivity contribution < 1.29 is 9.53 Å². The number of nitrogens with zero attached hydrogens (tertiary/aromatic N) is 4. The lowest BCUT2D eigenvalue weighted by molar-refractivity contribution is -0.123. The number of aromatic nitrogens is 2. The van der Waals surface area contributed by atoms with Gasteiger partial charge in [-0.25, -0.2) is 10.4 Å². The van der Waals surface area contributed by atoms with E-state index in [1.807, 2.05) is 61.5 Å². The Bertz CT molecular complexity index is 1090. The number of ether oxygens (including phenoxy) is 1. The Morgan fingerprint density at radius 3 is 2.46 bits per heavy atom. The summed E-state index contributed by atoms with van der Waals surface area (Å²) in [5.74, 6) is 1.38. The summed E-state index contributed by atoms with van der Waals surface area (Å²) in [6.07, 6.45) is 1.57. The molecule has 0 saturated carbocycles. The normalized spacial score (nSPS) is 10.8. The van der Waals surface area contributed by atoms with Gasteiger partial charge in [0.1, 0.15) is 0 Å². The molecule has 2 aromatic carbocycles. The van der Waals surface area contributed by atoms with Crippen molar-refractivity contribution in [1.82, 2.24) is 15.4 Å². The van der Waals surface area contributed by atoms with Gasteiger partial charge in [0.25, 0.3) is 5.91 Å². The number of hydrogen-bond donors (Lipinski definition) is 2. The van der Waals surface area contributed by atoms with Crippen LogP contribution >= 0.6 is 23.2 Å². The quantitative estimate of drug-likeness (QED) is 0.201. The number of alkyl halides is 2. The van der Waals surface area contributed by atoms with E-state index in [-0.39, 0.29) is 6.61 Å². The summed E-state index contributed by atoms with van der Waals surface area (Å²) in [5.41, 5.74) is 6.15. The summed E-state index contributed by atoms with van der Waals surface area (Å²) in [6, 6.07) is 19.3. The molecule has 184 valence electrons. The highest BCUT2D eigenvalue weighted by Gasteiger charge is 2.07. The van der Waals surface area contributed by atoms with Crippen molar-refractivity contribution in [3.8, 4) is 5.88 Å². The van der Waals surface area contributed by atoms with Crippen LogP contribution in [0.15, 0.2) is 65.8 Å². The molecule has 2 N–H and O–H groups in total. The standard InChI is InChI=1S/C25H28Cl2N6O2/c1-19-15-24(31-25(30-19)28-16-20-5-3-2-4-6-20)35-18-23(34)32-29-17-21-7-9-22(10-8-21)33(13-11-26)14-12-27/h2-10,15,17H,11-14,16,18H2,1H3,(H,32,34)(H,28,30,31). The first kappa shape index (κ1) is 26.2. The van der Waals surface area contributed by atoms with E-state index in [0.717, 1.165) is 22.5 Å². The Kier molecular flexibility index (Phi) is 10.6. The van der Waals surface area contributed by atoms with Crippen LogP contribution in [-0.4, -0.2) is 53.5 Å². The number of aryl methyl sites for hydroxylation is 1. The molecule has 3 aromatic rings. The monoisotopic (exact) mass is 514 g/mol. The molecule has 10 heteroatoms. The fourth-order valence-corrected chi connectivity index (χ4v) is 3.57. The number of hydrazone groups is 1. The maximum Gasteiger partial charge on any atom is 0.278 e. The zero-order chi connectivity index (χ0) is 24.9. The van der Waals surface area contributed by atoms with E-state index >= 15 is 0 Å². The second kappa shape index (κ2) is 14.1. The first-order valence-corrected chi connectivity index (χ1v) is 12.2. The number of hydrogen-bond acceptors (Lipinski definition) is 7. The van der Waals surface area contributed by atoms with E-state index < -0.39 is 5.91 Å². The topological polar surface area (TPSA) is 91.7 Å². The van der Waals surface area contributed by atoms with Crippen LogP contribution in [0.3, 0.4) is 0 Å². The smallest absolute Gasteiger partial charge is 0.278 e. The number of anilines is 2. The predicted molar refractivity (Wildman–Crippen MR) is 142 cm³/mol. The van der Waals surface area contributed by atoms with Crippen molar-refractivity contribution in [2.75, 3.05) is 41.7 Å². The Hall–Kier alpha value is -3.36. The van der Waals surface area contributed by atoms with Crippen molar-refractivity contribution in [1.29, 1.82) is 0 Å². The molecular formula is C25H28Cl2N6O2. The fourth-order valence-electron chi connectivity index (χ4n) is 3.17. The molecule has 1 heterocycles. The van der Waals surface area contributed by atoms with Crippen molar-refractivity contribution in [2.45, 2.75) is 13.5 Å². The van der Waals surface area contributed by atoms with Crippen LogP contribution in [-0.2, 0) is 11.3 Å². The van der Waals surface area contributed by atoms with Gasteiger partial charge in [-0.05, 0) is 30.2 Å². The van der Waals surface area contributed by atoms with E-state index in [9.17, 15) is 4.79 Å². The minimum Gasteiger partial charge on any atom is -0.467 e. The van der Waals surface area contributed by atoms with E-state index in [1.54, 1.807) is 12.3 Å². The average Bonchev–Trinajstić information content (AvgIpc) is 2.87. The Balaban J connectivity index is 1.47. The van der Waals surface area contributed by atoms with Crippen LogP contribution in [0.25, 0.3) is 0 Å². The largest absolute Gasteiger partial charge is 0.467 e. The van der Waals surface area contributed by atoms with Gasteiger partial charge < -0.3 is 15.0 Å². The number of rotatable bonds is 13. The first-order chi connectivity index (χ1) is 17.1. The maximum absolute atomic E-state index is 12.1. The Labute approximate surface area is 215 Å². The van der Waals surface area contributed by atoms with E-state index in [1.165, 1.54) is 0 Å². The van der Waals surface area contributed by atoms with Crippen LogP contribution in [0.4, 0.5) is 11.6 Å². The zero-order valence-electron chi connectivity index (χ0n) is 19.5. The third-order valence-electron chi connectivity index (χ3n) is 4.85. The molecule has 0 radical (unpaired) electrons. The van der Waals surface area contributed by atoms with Gasteiger partial charge in [-0.3, -0.25) is 4.79 Å². The lowest BCUT2D eigenvalue weighted by Gasteiger charge is -2.22. The summed E-state index contributed by atoms with van der Waals surface area (Å²) in [4.78, 5) is 22.9. The van der Waals surface area contributed by atoms with Crippen LogP contribution in [0.1, 0.15) is 16.8 Å². The lowest BCUT2D eigenvalue weighted by Crippen LogP contribution is -2.27. The van der Waals surface area contributed by atoms with Gasteiger partial charge in [0.15, 0.2) is 6.61 Å². The molecule has 0 aliphatic rings. The number of benzene rings is 2. The fraction of sp³-hybridized carbons (Fsp3) is 0.280. The third kappa shape index (κ3) is 9.07.